The molecule has 2 aromatic rings. The lowest BCUT2D eigenvalue weighted by Gasteiger charge is -2.15. The quantitative estimate of drug-likeness (QED) is 0.854. The molecule has 114 valence electrons. The highest BCUT2D eigenvalue weighted by Gasteiger charge is 2.24. The van der Waals surface area contributed by atoms with Crippen LogP contribution < -0.4 is 5.32 Å². The van der Waals surface area contributed by atoms with Crippen LogP contribution in [0.5, 0.6) is 0 Å². The lowest BCUT2D eigenvalue weighted by molar-refractivity contribution is -0.139. The fourth-order valence-corrected chi connectivity index (χ4v) is 2.17. The van der Waals surface area contributed by atoms with E-state index in [4.69, 9.17) is 5.11 Å². The molecule has 0 saturated heterocycles. The molecule has 22 heavy (non-hydrogen) atoms. The third-order valence-corrected chi connectivity index (χ3v) is 3.24. The first-order chi connectivity index (χ1) is 10.5. The molecule has 2 N–H and O–H groups in total. The van der Waals surface area contributed by atoms with Crippen molar-refractivity contribution in [3.05, 3.63) is 48.0 Å². The van der Waals surface area contributed by atoms with E-state index in [0.717, 1.165) is 5.39 Å². The molecule has 0 aliphatic rings. The predicted molar refractivity (Wildman–Crippen MR) is 78.4 cm³/mol. The van der Waals surface area contributed by atoms with Gasteiger partial charge in [0.05, 0.1) is 6.42 Å². The van der Waals surface area contributed by atoms with Gasteiger partial charge in [-0.25, -0.2) is 4.39 Å². The number of carboxylic acid groups (broad SMARTS) is 1. The summed E-state index contributed by atoms with van der Waals surface area (Å²) >= 11 is 0. The number of halogens is 1. The van der Waals surface area contributed by atoms with Gasteiger partial charge in [0.1, 0.15) is 12.7 Å². The van der Waals surface area contributed by atoms with Crippen molar-refractivity contribution < 1.29 is 23.9 Å². The normalized spacial score (nSPS) is 11.9. The maximum absolute atomic E-state index is 12.5. The van der Waals surface area contributed by atoms with Gasteiger partial charge in [-0.1, -0.05) is 36.4 Å². The third kappa shape index (κ3) is 3.46. The van der Waals surface area contributed by atoms with Crippen LogP contribution in [-0.2, 0) is 9.59 Å². The van der Waals surface area contributed by atoms with Gasteiger partial charge >= 0.3 is 5.97 Å². The average molecular weight is 303 g/mol. The molecule has 6 heteroatoms. The summed E-state index contributed by atoms with van der Waals surface area (Å²) in [7, 11) is 0. The molecule has 1 unspecified atom stereocenters. The summed E-state index contributed by atoms with van der Waals surface area (Å²) < 4.78 is 12.5. The second kappa shape index (κ2) is 6.80. The zero-order valence-electron chi connectivity index (χ0n) is 11.6. The van der Waals surface area contributed by atoms with E-state index >= 15 is 0 Å². The molecule has 0 spiro atoms. The second-order valence-corrected chi connectivity index (χ2v) is 4.75. The summed E-state index contributed by atoms with van der Waals surface area (Å²) in [5.41, 5.74) is 0.306. The number of alkyl halides is 1. The van der Waals surface area contributed by atoms with Crippen molar-refractivity contribution in [2.45, 2.75) is 12.5 Å². The van der Waals surface area contributed by atoms with Gasteiger partial charge in [0.25, 0.3) is 5.91 Å². The maximum atomic E-state index is 12.5. The number of amides is 1. The van der Waals surface area contributed by atoms with E-state index in [1.807, 2.05) is 18.2 Å². The first-order valence-corrected chi connectivity index (χ1v) is 6.62. The van der Waals surface area contributed by atoms with Gasteiger partial charge in [-0.15, -0.1) is 0 Å². The zero-order chi connectivity index (χ0) is 16.1. The van der Waals surface area contributed by atoms with Crippen molar-refractivity contribution >= 4 is 28.4 Å². The Labute approximate surface area is 125 Å². The SMILES string of the molecule is O=C(O)CC(NC(=O)c1cccc2ccccc12)C(=O)CF. The van der Waals surface area contributed by atoms with Crippen LogP contribution in [0.25, 0.3) is 10.8 Å². The smallest absolute Gasteiger partial charge is 0.305 e. The molecule has 0 aliphatic heterocycles. The molecule has 2 aromatic carbocycles. The van der Waals surface area contributed by atoms with Crippen LogP contribution in [0.3, 0.4) is 0 Å². The van der Waals surface area contributed by atoms with Crippen LogP contribution in [0.15, 0.2) is 42.5 Å². The van der Waals surface area contributed by atoms with Gasteiger partial charge in [0, 0.05) is 5.56 Å². The minimum absolute atomic E-state index is 0.306. The highest BCUT2D eigenvalue weighted by molar-refractivity contribution is 6.08. The fourth-order valence-electron chi connectivity index (χ4n) is 2.17. The van der Waals surface area contributed by atoms with E-state index in [1.54, 1.807) is 24.3 Å². The number of rotatable bonds is 6. The number of Topliss-reactive ketones (excluding diaryl/α,β-unsaturated/α-hetero) is 1. The number of fused-ring (bicyclic) bond motifs is 1. The summed E-state index contributed by atoms with van der Waals surface area (Å²) in [6.45, 7) is -1.33. The number of benzene rings is 2. The minimum atomic E-state index is -1.38. The Bertz CT molecular complexity index is 724. The van der Waals surface area contributed by atoms with Gasteiger partial charge in [-0.05, 0) is 16.8 Å². The summed E-state index contributed by atoms with van der Waals surface area (Å²) in [5.74, 6) is -2.86. The van der Waals surface area contributed by atoms with Crippen molar-refractivity contribution in [2.24, 2.45) is 0 Å². The minimum Gasteiger partial charge on any atom is -0.481 e. The Morgan fingerprint density at radius 2 is 1.77 bits per heavy atom. The maximum Gasteiger partial charge on any atom is 0.305 e. The van der Waals surface area contributed by atoms with E-state index in [0.29, 0.717) is 10.9 Å². The van der Waals surface area contributed by atoms with Crippen LogP contribution in [0.2, 0.25) is 0 Å². The van der Waals surface area contributed by atoms with Crippen LogP contribution >= 0.6 is 0 Å². The standard InChI is InChI=1S/C16H14FNO4/c17-9-14(19)13(8-15(20)21)18-16(22)12-7-3-5-10-4-1-2-6-11(10)12/h1-7,13H,8-9H2,(H,18,22)(H,20,21). The molecular formula is C16H14FNO4. The Balaban J connectivity index is 2.29. The Hall–Kier alpha value is -2.76. The first-order valence-electron chi connectivity index (χ1n) is 6.62. The van der Waals surface area contributed by atoms with E-state index < -0.39 is 36.8 Å². The van der Waals surface area contributed by atoms with E-state index in [2.05, 4.69) is 5.32 Å². The van der Waals surface area contributed by atoms with Crippen LogP contribution in [0.1, 0.15) is 16.8 Å². The Morgan fingerprint density at radius 1 is 1.09 bits per heavy atom. The molecule has 0 bridgehead atoms. The van der Waals surface area contributed by atoms with Gasteiger partial charge in [-0.3, -0.25) is 14.4 Å². The molecule has 1 amide bonds. The summed E-state index contributed by atoms with van der Waals surface area (Å²) in [4.78, 5) is 34.5. The topological polar surface area (TPSA) is 83.5 Å². The number of hydrogen-bond acceptors (Lipinski definition) is 3. The number of carbonyl (C=O) groups excluding carboxylic acids is 2. The molecule has 0 saturated carbocycles. The molecule has 0 radical (unpaired) electrons. The van der Waals surface area contributed by atoms with Crippen molar-refractivity contribution in [2.75, 3.05) is 6.67 Å². The molecule has 5 nitrogen and oxygen atoms in total. The first kappa shape index (κ1) is 15.6. The monoisotopic (exact) mass is 303 g/mol. The highest BCUT2D eigenvalue weighted by Crippen LogP contribution is 2.18. The van der Waals surface area contributed by atoms with Gasteiger partial charge < -0.3 is 10.4 Å². The third-order valence-electron chi connectivity index (χ3n) is 3.24. The fraction of sp³-hybridized carbons (Fsp3) is 0.188. The molecule has 0 heterocycles. The molecule has 1 atom stereocenters. The molecule has 2 rings (SSSR count). The van der Waals surface area contributed by atoms with Crippen molar-refractivity contribution in [3.63, 3.8) is 0 Å². The van der Waals surface area contributed by atoms with Crippen LogP contribution in [0, 0.1) is 0 Å². The largest absolute Gasteiger partial charge is 0.481 e. The molecule has 0 aromatic heterocycles. The van der Waals surface area contributed by atoms with Gasteiger partial charge in [0.15, 0.2) is 5.78 Å². The zero-order valence-corrected chi connectivity index (χ0v) is 11.6. The Kier molecular flexibility index (Phi) is 4.83. The second-order valence-electron chi connectivity index (χ2n) is 4.75. The van der Waals surface area contributed by atoms with E-state index in [-0.39, 0.29) is 0 Å². The number of ketones is 1. The summed E-state index contributed by atoms with van der Waals surface area (Å²) in [6.07, 6.45) is -0.654. The average Bonchev–Trinajstić information content (AvgIpc) is 2.52. The molecule has 0 fully saturated rings. The number of hydrogen-bond donors (Lipinski definition) is 2. The van der Waals surface area contributed by atoms with Crippen LogP contribution in [-0.4, -0.2) is 35.5 Å². The lowest BCUT2D eigenvalue weighted by atomic mass is 10.0. The molecular weight excluding hydrogens is 289 g/mol. The van der Waals surface area contributed by atoms with Crippen molar-refractivity contribution in [1.82, 2.24) is 5.32 Å². The van der Waals surface area contributed by atoms with Gasteiger partial charge in [-0.2, -0.15) is 0 Å². The van der Waals surface area contributed by atoms with Gasteiger partial charge in [0.2, 0.25) is 0 Å². The molecule has 0 aliphatic carbocycles. The lowest BCUT2D eigenvalue weighted by Crippen LogP contribution is -2.43. The van der Waals surface area contributed by atoms with Crippen molar-refractivity contribution in [1.29, 1.82) is 0 Å². The summed E-state index contributed by atoms with van der Waals surface area (Å²) in [5, 5.41) is 12.6. The predicted octanol–water partition coefficient (Wildman–Crippen LogP) is 1.95. The number of carbonyl (C=O) groups is 3. The number of aliphatic carboxylic acids is 1. The number of carboxylic acids is 1. The van der Waals surface area contributed by atoms with Crippen molar-refractivity contribution in [3.8, 4) is 0 Å². The number of nitrogens with one attached hydrogen (secondary N) is 1. The highest BCUT2D eigenvalue weighted by atomic mass is 19.1. The Morgan fingerprint density at radius 3 is 2.45 bits per heavy atom. The van der Waals surface area contributed by atoms with E-state index in [1.165, 1.54) is 0 Å². The van der Waals surface area contributed by atoms with Crippen LogP contribution in [0.4, 0.5) is 4.39 Å². The summed E-state index contributed by atoms with van der Waals surface area (Å²) in [6, 6.07) is 10.9. The van der Waals surface area contributed by atoms with E-state index in [9.17, 15) is 18.8 Å².